The number of pyridine rings is 1. The average Bonchev–Trinajstić information content (AvgIpc) is 2.54. The summed E-state index contributed by atoms with van der Waals surface area (Å²) in [6.45, 7) is 1.54. The zero-order chi connectivity index (χ0) is 15.7. The normalized spacial score (nSPS) is 10.7. The van der Waals surface area contributed by atoms with Gasteiger partial charge in [0, 0.05) is 18.0 Å². The number of halogens is 1. The Morgan fingerprint density at radius 3 is 2.68 bits per heavy atom. The fourth-order valence-electron chi connectivity index (χ4n) is 2.50. The molecule has 0 saturated heterocycles. The molecule has 4 heteroatoms. The number of anilines is 2. The third-order valence-electron chi connectivity index (χ3n) is 3.68. The highest BCUT2D eigenvalue weighted by Crippen LogP contribution is 2.29. The summed E-state index contributed by atoms with van der Waals surface area (Å²) < 4.78 is 13.7. The van der Waals surface area contributed by atoms with Crippen LogP contribution in [0.4, 0.5) is 15.8 Å². The van der Waals surface area contributed by atoms with Crippen LogP contribution in [0, 0.1) is 5.82 Å². The monoisotopic (exact) mass is 294 g/mol. The second-order valence-electron chi connectivity index (χ2n) is 5.14. The summed E-state index contributed by atoms with van der Waals surface area (Å²) in [7, 11) is 1.86. The number of Topliss-reactive ketones (excluding diaryl/α,β-unsaturated/α-hetero) is 1. The van der Waals surface area contributed by atoms with Gasteiger partial charge in [0.2, 0.25) is 0 Å². The molecule has 0 atom stereocenters. The molecule has 1 heterocycles. The zero-order valence-corrected chi connectivity index (χ0v) is 12.4. The molecule has 0 saturated carbocycles. The van der Waals surface area contributed by atoms with Gasteiger partial charge in [-0.3, -0.25) is 9.78 Å². The molecule has 3 nitrogen and oxygen atoms in total. The highest BCUT2D eigenvalue weighted by Gasteiger charge is 2.13. The van der Waals surface area contributed by atoms with Gasteiger partial charge in [-0.25, -0.2) is 4.39 Å². The summed E-state index contributed by atoms with van der Waals surface area (Å²) >= 11 is 0. The van der Waals surface area contributed by atoms with E-state index < -0.39 is 0 Å². The van der Waals surface area contributed by atoms with Crippen molar-refractivity contribution in [3.05, 3.63) is 66.1 Å². The Labute approximate surface area is 128 Å². The van der Waals surface area contributed by atoms with Crippen LogP contribution in [0.3, 0.4) is 0 Å². The van der Waals surface area contributed by atoms with Crippen molar-refractivity contribution in [3.8, 4) is 0 Å². The Bertz CT molecular complexity index is 861. The molecule has 0 aliphatic carbocycles. The SMILES string of the molecule is CC(=O)c1ccccc1N(C)c1cnc2c(F)cccc2c1. The van der Waals surface area contributed by atoms with Crippen LogP contribution >= 0.6 is 0 Å². The Balaban J connectivity index is 2.10. The molecule has 0 N–H and O–H groups in total. The van der Waals surface area contributed by atoms with Crippen LogP contribution in [-0.2, 0) is 0 Å². The quantitative estimate of drug-likeness (QED) is 0.673. The van der Waals surface area contributed by atoms with Gasteiger partial charge >= 0.3 is 0 Å². The largest absolute Gasteiger partial charge is 0.343 e. The zero-order valence-electron chi connectivity index (χ0n) is 12.4. The van der Waals surface area contributed by atoms with E-state index in [1.165, 1.54) is 6.07 Å². The van der Waals surface area contributed by atoms with Gasteiger partial charge in [-0.1, -0.05) is 24.3 Å². The molecular weight excluding hydrogens is 279 g/mol. The van der Waals surface area contributed by atoms with E-state index >= 15 is 0 Å². The summed E-state index contributed by atoms with van der Waals surface area (Å²) in [5, 5.41) is 0.727. The molecule has 0 spiro atoms. The van der Waals surface area contributed by atoms with Crippen LogP contribution < -0.4 is 4.90 Å². The van der Waals surface area contributed by atoms with Crippen molar-refractivity contribution < 1.29 is 9.18 Å². The fourth-order valence-corrected chi connectivity index (χ4v) is 2.50. The van der Waals surface area contributed by atoms with Crippen LogP contribution in [0.25, 0.3) is 10.9 Å². The number of benzene rings is 2. The Kier molecular flexibility index (Phi) is 3.59. The van der Waals surface area contributed by atoms with Gasteiger partial charge in [0.25, 0.3) is 0 Å². The fraction of sp³-hybridized carbons (Fsp3) is 0.111. The van der Waals surface area contributed by atoms with Gasteiger partial charge in [0.1, 0.15) is 11.3 Å². The first-order valence-electron chi connectivity index (χ1n) is 6.96. The van der Waals surface area contributed by atoms with Crippen molar-refractivity contribution in [1.29, 1.82) is 0 Å². The standard InChI is InChI=1S/C18H15FN2O/c1-12(22)15-7-3-4-9-17(15)21(2)14-10-13-6-5-8-16(19)18(13)20-11-14/h3-11H,1-2H3. The third kappa shape index (κ3) is 2.44. The predicted octanol–water partition coefficient (Wildman–Crippen LogP) is 4.34. The van der Waals surface area contributed by atoms with E-state index in [1.54, 1.807) is 25.3 Å². The first-order valence-corrected chi connectivity index (χ1v) is 6.96. The van der Waals surface area contributed by atoms with E-state index in [0.29, 0.717) is 11.1 Å². The molecule has 3 rings (SSSR count). The lowest BCUT2D eigenvalue weighted by atomic mass is 10.1. The van der Waals surface area contributed by atoms with E-state index in [1.807, 2.05) is 42.3 Å². The number of carbonyl (C=O) groups is 1. The van der Waals surface area contributed by atoms with Crippen LogP contribution in [0.15, 0.2) is 54.7 Å². The van der Waals surface area contributed by atoms with Crippen LogP contribution in [0.2, 0.25) is 0 Å². The van der Waals surface area contributed by atoms with Crippen LogP contribution in [0.1, 0.15) is 17.3 Å². The minimum absolute atomic E-state index is 0.00208. The number of hydrogen-bond acceptors (Lipinski definition) is 3. The van der Waals surface area contributed by atoms with Crippen molar-refractivity contribution >= 4 is 28.1 Å². The highest BCUT2D eigenvalue weighted by molar-refractivity contribution is 6.00. The summed E-state index contributed by atoms with van der Waals surface area (Å²) in [4.78, 5) is 17.9. The molecular formula is C18H15FN2O. The molecule has 0 radical (unpaired) electrons. The van der Waals surface area contributed by atoms with Crippen molar-refractivity contribution in [2.75, 3.05) is 11.9 Å². The first kappa shape index (κ1) is 14.2. The van der Waals surface area contributed by atoms with Crippen LogP contribution in [0.5, 0.6) is 0 Å². The van der Waals surface area contributed by atoms with Gasteiger partial charge in [-0.2, -0.15) is 0 Å². The summed E-state index contributed by atoms with van der Waals surface area (Å²) in [6, 6.07) is 14.1. The molecule has 2 aromatic carbocycles. The number of ketones is 1. The van der Waals surface area contributed by atoms with Gasteiger partial charge in [-0.05, 0) is 31.2 Å². The van der Waals surface area contributed by atoms with Crippen molar-refractivity contribution in [2.24, 2.45) is 0 Å². The summed E-state index contributed by atoms with van der Waals surface area (Å²) in [5.74, 6) is -0.335. The summed E-state index contributed by atoms with van der Waals surface area (Å²) in [5.41, 5.74) is 2.59. The highest BCUT2D eigenvalue weighted by atomic mass is 19.1. The lowest BCUT2D eigenvalue weighted by molar-refractivity contribution is 0.101. The molecule has 0 amide bonds. The molecule has 0 aliphatic rings. The first-order chi connectivity index (χ1) is 10.6. The summed E-state index contributed by atoms with van der Waals surface area (Å²) in [6.07, 6.45) is 1.61. The maximum absolute atomic E-state index is 13.7. The number of aromatic nitrogens is 1. The topological polar surface area (TPSA) is 33.2 Å². The second kappa shape index (κ2) is 5.56. The maximum atomic E-state index is 13.7. The lowest BCUT2D eigenvalue weighted by Gasteiger charge is -2.21. The van der Waals surface area contributed by atoms with Gasteiger partial charge in [0.05, 0.1) is 17.6 Å². The number of hydrogen-bond donors (Lipinski definition) is 0. The molecule has 22 heavy (non-hydrogen) atoms. The van der Waals surface area contributed by atoms with E-state index in [4.69, 9.17) is 0 Å². The average molecular weight is 294 g/mol. The van der Waals surface area contributed by atoms with Gasteiger partial charge < -0.3 is 4.90 Å². The van der Waals surface area contributed by atoms with Crippen molar-refractivity contribution in [1.82, 2.24) is 4.98 Å². The molecule has 3 aromatic rings. The second-order valence-corrected chi connectivity index (χ2v) is 5.14. The lowest BCUT2D eigenvalue weighted by Crippen LogP contribution is -2.13. The number of rotatable bonds is 3. The predicted molar refractivity (Wildman–Crippen MR) is 86.2 cm³/mol. The number of nitrogens with zero attached hydrogens (tertiary/aromatic N) is 2. The van der Waals surface area contributed by atoms with Crippen LogP contribution in [-0.4, -0.2) is 17.8 Å². The van der Waals surface area contributed by atoms with Gasteiger partial charge in [0.15, 0.2) is 5.78 Å². The minimum Gasteiger partial charge on any atom is -0.343 e. The van der Waals surface area contributed by atoms with E-state index in [9.17, 15) is 9.18 Å². The molecule has 0 aliphatic heterocycles. The van der Waals surface area contributed by atoms with Gasteiger partial charge in [-0.15, -0.1) is 0 Å². The van der Waals surface area contributed by atoms with Crippen molar-refractivity contribution in [2.45, 2.75) is 6.92 Å². The molecule has 1 aromatic heterocycles. The number of para-hydroxylation sites is 2. The number of fused-ring (bicyclic) bond motifs is 1. The molecule has 110 valence electrons. The molecule has 0 unspecified atom stereocenters. The van der Waals surface area contributed by atoms with Crippen molar-refractivity contribution in [3.63, 3.8) is 0 Å². The van der Waals surface area contributed by atoms with E-state index in [0.717, 1.165) is 16.8 Å². The minimum atomic E-state index is -0.337. The third-order valence-corrected chi connectivity index (χ3v) is 3.68. The Hall–Kier alpha value is -2.75. The van der Waals surface area contributed by atoms with E-state index in [-0.39, 0.29) is 11.6 Å². The Morgan fingerprint density at radius 1 is 1.14 bits per heavy atom. The maximum Gasteiger partial charge on any atom is 0.161 e. The van der Waals surface area contributed by atoms with E-state index in [2.05, 4.69) is 4.98 Å². The molecule has 0 fully saturated rings. The number of carbonyl (C=O) groups excluding carboxylic acids is 1. The smallest absolute Gasteiger partial charge is 0.161 e. The molecule has 0 bridgehead atoms. The Morgan fingerprint density at radius 2 is 1.91 bits per heavy atom.